The summed E-state index contributed by atoms with van der Waals surface area (Å²) < 4.78 is 0. The summed E-state index contributed by atoms with van der Waals surface area (Å²) in [6, 6.07) is 9.09. The number of hydrogen-bond acceptors (Lipinski definition) is 4. The van der Waals surface area contributed by atoms with E-state index in [9.17, 15) is 4.79 Å². The van der Waals surface area contributed by atoms with E-state index in [4.69, 9.17) is 22.3 Å². The number of rotatable bonds is 2. The number of aromatic nitrogens is 1. The van der Waals surface area contributed by atoms with E-state index < -0.39 is 0 Å². The molecule has 0 unspecified atom stereocenters. The van der Waals surface area contributed by atoms with Crippen molar-refractivity contribution in [2.75, 3.05) is 5.73 Å². The van der Waals surface area contributed by atoms with Gasteiger partial charge in [-0.2, -0.15) is 0 Å². The maximum atomic E-state index is 12.9. The SMILES string of the molecule is CC(C)(C)[C@@H]1CCc2nc3sc(C(=O)c4ccc(Cl)cc4)c(N)c3cc2C1. The van der Waals surface area contributed by atoms with Gasteiger partial charge in [0.25, 0.3) is 0 Å². The van der Waals surface area contributed by atoms with Gasteiger partial charge < -0.3 is 5.73 Å². The maximum Gasteiger partial charge on any atom is 0.205 e. The highest BCUT2D eigenvalue weighted by molar-refractivity contribution is 7.21. The highest BCUT2D eigenvalue weighted by Crippen LogP contribution is 2.40. The minimum absolute atomic E-state index is 0.0716. The van der Waals surface area contributed by atoms with E-state index in [2.05, 4.69) is 26.8 Å². The highest BCUT2D eigenvalue weighted by atomic mass is 35.5. The number of aryl methyl sites for hydroxylation is 1. The van der Waals surface area contributed by atoms with Gasteiger partial charge in [-0.3, -0.25) is 4.79 Å². The molecular weight excluding hydrogens is 376 g/mol. The van der Waals surface area contributed by atoms with Crippen molar-refractivity contribution in [2.45, 2.75) is 40.0 Å². The van der Waals surface area contributed by atoms with Crippen molar-refractivity contribution >= 4 is 44.6 Å². The molecule has 27 heavy (non-hydrogen) atoms. The first-order valence-corrected chi connectivity index (χ1v) is 10.4. The number of benzene rings is 1. The first-order chi connectivity index (χ1) is 12.7. The first-order valence-electron chi connectivity index (χ1n) is 9.25. The summed E-state index contributed by atoms with van der Waals surface area (Å²) in [5.74, 6) is 0.567. The molecule has 4 rings (SSSR count). The molecule has 0 saturated heterocycles. The van der Waals surface area contributed by atoms with E-state index in [0.29, 0.717) is 27.1 Å². The van der Waals surface area contributed by atoms with Gasteiger partial charge in [-0.25, -0.2) is 4.98 Å². The van der Waals surface area contributed by atoms with Crippen molar-refractivity contribution in [3.63, 3.8) is 0 Å². The monoisotopic (exact) mass is 398 g/mol. The molecule has 0 aliphatic heterocycles. The van der Waals surface area contributed by atoms with Gasteiger partial charge in [-0.1, -0.05) is 32.4 Å². The Morgan fingerprint density at radius 2 is 1.96 bits per heavy atom. The summed E-state index contributed by atoms with van der Waals surface area (Å²) in [6.07, 6.45) is 3.18. The van der Waals surface area contributed by atoms with Gasteiger partial charge in [0, 0.05) is 21.7 Å². The molecule has 1 aliphatic rings. The zero-order valence-electron chi connectivity index (χ0n) is 15.8. The molecule has 0 fully saturated rings. The van der Waals surface area contributed by atoms with Crippen molar-refractivity contribution in [3.05, 3.63) is 57.1 Å². The molecule has 1 aliphatic carbocycles. The summed E-state index contributed by atoms with van der Waals surface area (Å²) in [5, 5.41) is 1.52. The summed E-state index contributed by atoms with van der Waals surface area (Å²) in [5.41, 5.74) is 10.2. The molecule has 2 aromatic heterocycles. The molecule has 1 atom stereocenters. The zero-order chi connectivity index (χ0) is 19.3. The van der Waals surface area contributed by atoms with Crippen LogP contribution in [0.3, 0.4) is 0 Å². The lowest BCUT2D eigenvalue weighted by Crippen LogP contribution is -2.27. The molecule has 1 aromatic carbocycles. The number of ketones is 1. The molecule has 5 heteroatoms. The first kappa shape index (κ1) is 18.5. The van der Waals surface area contributed by atoms with E-state index in [1.165, 1.54) is 16.9 Å². The molecule has 3 aromatic rings. The quantitative estimate of drug-likeness (QED) is 0.545. The largest absolute Gasteiger partial charge is 0.397 e. The summed E-state index contributed by atoms with van der Waals surface area (Å²) in [6.45, 7) is 6.91. The number of anilines is 1. The van der Waals surface area contributed by atoms with E-state index in [0.717, 1.165) is 35.2 Å². The van der Waals surface area contributed by atoms with Crippen LogP contribution in [0.2, 0.25) is 5.02 Å². The standard InChI is InChI=1S/C22H23ClN2OS/c1-22(2,3)14-6-9-17-13(10-14)11-16-18(24)20(27-21(16)25-17)19(26)12-4-7-15(23)8-5-12/h4-5,7-8,11,14H,6,9-10,24H2,1-3H3/t14-/m1/s1. The Labute approximate surface area is 168 Å². The number of nitrogens with zero attached hydrogens (tertiary/aromatic N) is 1. The van der Waals surface area contributed by atoms with Crippen molar-refractivity contribution in [3.8, 4) is 0 Å². The number of halogens is 1. The highest BCUT2D eigenvalue weighted by Gasteiger charge is 2.30. The van der Waals surface area contributed by atoms with E-state index >= 15 is 0 Å². The lowest BCUT2D eigenvalue weighted by Gasteiger charge is -2.34. The Hall–Kier alpha value is -1.91. The van der Waals surface area contributed by atoms with Gasteiger partial charge in [0.2, 0.25) is 5.78 Å². The molecule has 140 valence electrons. The second-order valence-electron chi connectivity index (χ2n) is 8.43. The van der Waals surface area contributed by atoms with Crippen LogP contribution in [0.25, 0.3) is 10.2 Å². The smallest absolute Gasteiger partial charge is 0.205 e. The number of thiophene rings is 1. The fraction of sp³-hybridized carbons (Fsp3) is 0.364. The Balaban J connectivity index is 1.75. The van der Waals surface area contributed by atoms with Crippen LogP contribution in [0.5, 0.6) is 0 Å². The third-order valence-electron chi connectivity index (χ3n) is 5.62. The minimum Gasteiger partial charge on any atom is -0.397 e. The maximum absolute atomic E-state index is 12.9. The van der Waals surface area contributed by atoms with Crippen LogP contribution < -0.4 is 5.73 Å². The third-order valence-corrected chi connectivity index (χ3v) is 6.99. The van der Waals surface area contributed by atoms with Crippen LogP contribution in [0.1, 0.15) is 53.7 Å². The average Bonchev–Trinajstić information content (AvgIpc) is 2.94. The Bertz CT molecular complexity index is 1030. The Kier molecular flexibility index (Phi) is 4.52. The molecule has 2 N–H and O–H groups in total. The predicted octanol–water partition coefficient (Wildman–Crippen LogP) is 5.91. The number of pyridine rings is 1. The number of carbonyl (C=O) groups is 1. The van der Waals surface area contributed by atoms with E-state index in [1.54, 1.807) is 24.3 Å². The lowest BCUT2D eigenvalue weighted by atomic mass is 9.71. The molecular formula is C22H23ClN2OS. The van der Waals surface area contributed by atoms with Crippen LogP contribution >= 0.6 is 22.9 Å². The number of hydrogen-bond donors (Lipinski definition) is 1. The summed E-state index contributed by atoms with van der Waals surface area (Å²) in [7, 11) is 0. The summed E-state index contributed by atoms with van der Waals surface area (Å²) >= 11 is 7.32. The fourth-order valence-electron chi connectivity index (χ4n) is 3.83. The number of carbonyl (C=O) groups excluding carboxylic acids is 1. The topological polar surface area (TPSA) is 56.0 Å². The van der Waals surface area contributed by atoms with Crippen LogP contribution in [0.4, 0.5) is 5.69 Å². The molecule has 0 spiro atoms. The minimum atomic E-state index is -0.0716. The van der Waals surface area contributed by atoms with Crippen molar-refractivity contribution < 1.29 is 4.79 Å². The molecule has 3 nitrogen and oxygen atoms in total. The van der Waals surface area contributed by atoms with Crippen LogP contribution in [0, 0.1) is 11.3 Å². The van der Waals surface area contributed by atoms with Crippen molar-refractivity contribution in [1.29, 1.82) is 0 Å². The second kappa shape index (κ2) is 6.61. The van der Waals surface area contributed by atoms with E-state index in [-0.39, 0.29) is 11.2 Å². The Morgan fingerprint density at radius 3 is 2.63 bits per heavy atom. The normalized spacial score (nSPS) is 17.1. The number of fused-ring (bicyclic) bond motifs is 2. The van der Waals surface area contributed by atoms with Gasteiger partial charge in [0.05, 0.1) is 5.69 Å². The second-order valence-corrected chi connectivity index (χ2v) is 9.87. The lowest BCUT2D eigenvalue weighted by molar-refractivity contribution is 0.104. The predicted molar refractivity (Wildman–Crippen MR) is 114 cm³/mol. The molecule has 0 bridgehead atoms. The fourth-order valence-corrected chi connectivity index (χ4v) is 5.01. The Morgan fingerprint density at radius 1 is 1.26 bits per heavy atom. The average molecular weight is 399 g/mol. The van der Waals surface area contributed by atoms with Crippen LogP contribution in [-0.2, 0) is 12.8 Å². The molecule has 2 heterocycles. The molecule has 0 saturated carbocycles. The van der Waals surface area contributed by atoms with Gasteiger partial charge >= 0.3 is 0 Å². The van der Waals surface area contributed by atoms with Gasteiger partial charge in [-0.15, -0.1) is 11.3 Å². The number of nitrogen functional groups attached to an aromatic ring is 1. The van der Waals surface area contributed by atoms with Crippen molar-refractivity contribution in [2.24, 2.45) is 11.3 Å². The van der Waals surface area contributed by atoms with Crippen LogP contribution in [-0.4, -0.2) is 10.8 Å². The van der Waals surface area contributed by atoms with E-state index in [1.807, 2.05) is 0 Å². The van der Waals surface area contributed by atoms with Gasteiger partial charge in [0.1, 0.15) is 9.71 Å². The molecule has 0 radical (unpaired) electrons. The third kappa shape index (κ3) is 3.37. The van der Waals surface area contributed by atoms with Gasteiger partial charge in [-0.05, 0) is 66.5 Å². The zero-order valence-corrected chi connectivity index (χ0v) is 17.4. The van der Waals surface area contributed by atoms with Gasteiger partial charge in [0.15, 0.2) is 0 Å². The molecule has 0 amide bonds. The summed E-state index contributed by atoms with van der Waals surface area (Å²) in [4.78, 5) is 19.2. The number of nitrogens with two attached hydrogens (primary N) is 1. The van der Waals surface area contributed by atoms with Crippen molar-refractivity contribution in [1.82, 2.24) is 4.98 Å². The van der Waals surface area contributed by atoms with Crippen LogP contribution in [0.15, 0.2) is 30.3 Å².